The molecule has 1 atom stereocenters. The Bertz CT molecular complexity index is 287. The highest BCUT2D eigenvalue weighted by atomic mass is 32.2. The van der Waals surface area contributed by atoms with E-state index in [0.29, 0.717) is 0 Å². The molecule has 0 spiro atoms. The van der Waals surface area contributed by atoms with Crippen LogP contribution < -0.4 is 10.0 Å². The van der Waals surface area contributed by atoms with Gasteiger partial charge in [0.1, 0.15) is 0 Å². The van der Waals surface area contributed by atoms with E-state index in [-0.39, 0.29) is 11.3 Å². The standard InChI is InChI=1S/C10H22N2O2S2/c1-9(5-8-15-2)12-16(13,14)10-3-6-11-7-4-10/h9-12H,3-8H2,1-2H3. The lowest BCUT2D eigenvalue weighted by atomic mass is 10.2. The Morgan fingerprint density at radius 2 is 2.06 bits per heavy atom. The minimum Gasteiger partial charge on any atom is -0.317 e. The summed E-state index contributed by atoms with van der Waals surface area (Å²) in [5.41, 5.74) is 0. The zero-order chi connectivity index (χ0) is 12.0. The lowest BCUT2D eigenvalue weighted by Crippen LogP contribution is -2.44. The van der Waals surface area contributed by atoms with Gasteiger partial charge in [-0.25, -0.2) is 13.1 Å². The van der Waals surface area contributed by atoms with Crippen LogP contribution in [0.3, 0.4) is 0 Å². The Morgan fingerprint density at radius 1 is 1.44 bits per heavy atom. The van der Waals surface area contributed by atoms with Crippen LogP contribution in [-0.2, 0) is 10.0 Å². The van der Waals surface area contributed by atoms with E-state index in [1.807, 2.05) is 13.2 Å². The smallest absolute Gasteiger partial charge is 0.214 e. The molecule has 16 heavy (non-hydrogen) atoms. The van der Waals surface area contributed by atoms with Gasteiger partial charge in [-0.15, -0.1) is 0 Å². The van der Waals surface area contributed by atoms with Crippen LogP contribution in [0.2, 0.25) is 0 Å². The molecule has 0 bridgehead atoms. The summed E-state index contributed by atoms with van der Waals surface area (Å²) in [5.74, 6) is 0.996. The molecule has 6 heteroatoms. The van der Waals surface area contributed by atoms with Crippen LogP contribution in [0.15, 0.2) is 0 Å². The molecular weight excluding hydrogens is 244 g/mol. The fraction of sp³-hybridized carbons (Fsp3) is 1.00. The highest BCUT2D eigenvalue weighted by Gasteiger charge is 2.27. The number of hydrogen-bond donors (Lipinski definition) is 2. The molecule has 1 unspecified atom stereocenters. The van der Waals surface area contributed by atoms with Gasteiger partial charge in [0, 0.05) is 6.04 Å². The zero-order valence-corrected chi connectivity index (χ0v) is 11.7. The molecule has 0 saturated carbocycles. The first kappa shape index (κ1) is 14.3. The summed E-state index contributed by atoms with van der Waals surface area (Å²) >= 11 is 1.75. The average molecular weight is 266 g/mol. The van der Waals surface area contributed by atoms with Gasteiger partial charge in [0.2, 0.25) is 10.0 Å². The van der Waals surface area contributed by atoms with E-state index < -0.39 is 10.0 Å². The van der Waals surface area contributed by atoms with Crippen molar-refractivity contribution in [3.05, 3.63) is 0 Å². The van der Waals surface area contributed by atoms with Crippen molar-refractivity contribution in [3.63, 3.8) is 0 Å². The van der Waals surface area contributed by atoms with Crippen molar-refractivity contribution >= 4 is 21.8 Å². The van der Waals surface area contributed by atoms with Crippen LogP contribution in [0.1, 0.15) is 26.2 Å². The fourth-order valence-electron chi connectivity index (χ4n) is 1.84. The van der Waals surface area contributed by atoms with Crippen molar-refractivity contribution in [2.24, 2.45) is 0 Å². The maximum absolute atomic E-state index is 12.0. The molecule has 4 nitrogen and oxygen atoms in total. The molecule has 0 aromatic rings. The topological polar surface area (TPSA) is 58.2 Å². The van der Waals surface area contributed by atoms with E-state index in [2.05, 4.69) is 10.0 Å². The molecule has 1 heterocycles. The lowest BCUT2D eigenvalue weighted by Gasteiger charge is -2.24. The molecule has 1 rings (SSSR count). The highest BCUT2D eigenvalue weighted by molar-refractivity contribution is 7.98. The number of nitrogens with one attached hydrogen (secondary N) is 2. The Balaban J connectivity index is 2.43. The van der Waals surface area contributed by atoms with E-state index in [4.69, 9.17) is 0 Å². The monoisotopic (exact) mass is 266 g/mol. The van der Waals surface area contributed by atoms with Gasteiger partial charge in [-0.1, -0.05) is 0 Å². The Hall–Kier alpha value is 0.220. The second-order valence-corrected chi connectivity index (χ2v) is 7.27. The normalized spacial score (nSPS) is 20.9. The van der Waals surface area contributed by atoms with Gasteiger partial charge in [-0.05, 0) is 51.3 Å². The third-order valence-corrected chi connectivity index (χ3v) is 5.57. The van der Waals surface area contributed by atoms with Crippen molar-refractivity contribution in [2.45, 2.75) is 37.5 Å². The summed E-state index contributed by atoms with van der Waals surface area (Å²) in [7, 11) is -3.11. The summed E-state index contributed by atoms with van der Waals surface area (Å²) in [6, 6.07) is 0.0485. The van der Waals surface area contributed by atoms with Crippen LogP contribution in [0.25, 0.3) is 0 Å². The molecule has 0 aliphatic carbocycles. The molecule has 0 amide bonds. The summed E-state index contributed by atoms with van der Waals surface area (Å²) in [6.45, 7) is 3.56. The number of thioether (sulfide) groups is 1. The van der Waals surface area contributed by atoms with E-state index in [9.17, 15) is 8.42 Å². The Morgan fingerprint density at radius 3 is 2.62 bits per heavy atom. The van der Waals surface area contributed by atoms with E-state index in [1.54, 1.807) is 11.8 Å². The summed E-state index contributed by atoms with van der Waals surface area (Å²) < 4.78 is 26.8. The van der Waals surface area contributed by atoms with Crippen LogP contribution in [0.4, 0.5) is 0 Å². The van der Waals surface area contributed by atoms with Gasteiger partial charge in [0.05, 0.1) is 5.25 Å². The maximum Gasteiger partial charge on any atom is 0.214 e. The number of hydrogen-bond acceptors (Lipinski definition) is 4. The molecule has 1 saturated heterocycles. The van der Waals surface area contributed by atoms with Crippen LogP contribution in [0.5, 0.6) is 0 Å². The molecule has 0 aromatic heterocycles. The molecular formula is C10H22N2O2S2. The molecule has 0 radical (unpaired) electrons. The lowest BCUT2D eigenvalue weighted by molar-refractivity contribution is 0.482. The number of piperidine rings is 1. The molecule has 1 fully saturated rings. The summed E-state index contributed by atoms with van der Waals surface area (Å²) in [5, 5.41) is 2.98. The second kappa shape index (κ2) is 6.83. The van der Waals surface area contributed by atoms with Crippen molar-refractivity contribution in [1.82, 2.24) is 10.0 Å². The minimum absolute atomic E-state index is 0.0485. The Kier molecular flexibility index (Phi) is 6.10. The van der Waals surface area contributed by atoms with E-state index in [0.717, 1.165) is 38.1 Å². The third kappa shape index (κ3) is 4.61. The maximum atomic E-state index is 12.0. The van der Waals surface area contributed by atoms with Gasteiger partial charge in [0.25, 0.3) is 0 Å². The molecule has 1 aliphatic heterocycles. The first-order chi connectivity index (χ1) is 7.56. The van der Waals surface area contributed by atoms with Gasteiger partial charge >= 0.3 is 0 Å². The zero-order valence-electron chi connectivity index (χ0n) is 10.0. The Labute approximate surface area is 103 Å². The van der Waals surface area contributed by atoms with Gasteiger partial charge in [-0.2, -0.15) is 11.8 Å². The molecule has 96 valence electrons. The predicted octanol–water partition coefficient (Wildman–Crippen LogP) is 0.799. The minimum atomic E-state index is -3.11. The van der Waals surface area contributed by atoms with Crippen LogP contribution in [-0.4, -0.2) is 44.8 Å². The predicted molar refractivity (Wildman–Crippen MR) is 70.4 cm³/mol. The van der Waals surface area contributed by atoms with Crippen LogP contribution >= 0.6 is 11.8 Å². The SMILES string of the molecule is CSCCC(C)NS(=O)(=O)C1CCNCC1. The van der Waals surface area contributed by atoms with Gasteiger partial charge in [0.15, 0.2) is 0 Å². The number of rotatable bonds is 6. The summed E-state index contributed by atoms with van der Waals surface area (Å²) in [6.07, 6.45) is 4.38. The van der Waals surface area contributed by atoms with Crippen molar-refractivity contribution < 1.29 is 8.42 Å². The van der Waals surface area contributed by atoms with Crippen molar-refractivity contribution in [3.8, 4) is 0 Å². The van der Waals surface area contributed by atoms with E-state index >= 15 is 0 Å². The first-order valence-corrected chi connectivity index (χ1v) is 8.71. The van der Waals surface area contributed by atoms with Crippen molar-refractivity contribution in [1.29, 1.82) is 0 Å². The highest BCUT2D eigenvalue weighted by Crippen LogP contribution is 2.13. The third-order valence-electron chi connectivity index (χ3n) is 2.85. The first-order valence-electron chi connectivity index (χ1n) is 5.77. The second-order valence-electron chi connectivity index (χ2n) is 4.29. The van der Waals surface area contributed by atoms with Gasteiger partial charge < -0.3 is 5.32 Å². The molecule has 2 N–H and O–H groups in total. The van der Waals surface area contributed by atoms with E-state index in [1.165, 1.54) is 0 Å². The molecule has 0 aromatic carbocycles. The largest absolute Gasteiger partial charge is 0.317 e. The van der Waals surface area contributed by atoms with Gasteiger partial charge in [-0.3, -0.25) is 0 Å². The summed E-state index contributed by atoms with van der Waals surface area (Å²) in [4.78, 5) is 0. The number of sulfonamides is 1. The quantitative estimate of drug-likeness (QED) is 0.746. The van der Waals surface area contributed by atoms with Crippen LogP contribution in [0, 0.1) is 0 Å². The fourth-order valence-corrected chi connectivity index (χ4v) is 4.15. The molecule has 1 aliphatic rings. The average Bonchev–Trinajstić information content (AvgIpc) is 2.27. The van der Waals surface area contributed by atoms with Crippen molar-refractivity contribution in [2.75, 3.05) is 25.1 Å².